The zero-order valence-electron chi connectivity index (χ0n) is 11.6. The fourth-order valence-electron chi connectivity index (χ4n) is 1.89. The van der Waals surface area contributed by atoms with Gasteiger partial charge in [-0.1, -0.05) is 41.4 Å². The zero-order chi connectivity index (χ0) is 16.1. The first-order valence-corrected chi connectivity index (χ1v) is 7.36. The highest BCUT2D eigenvalue weighted by molar-refractivity contribution is 6.35. The number of benzene rings is 2. The Morgan fingerprint density at radius 2 is 1.73 bits per heavy atom. The quantitative estimate of drug-likeness (QED) is 0.844. The minimum absolute atomic E-state index is 0.256. The standard InChI is InChI=1S/C16H15Cl2NO3/c17-13-2-1-3-14(18)12(13)9-22-11-6-4-10(5-7-11)8-15(19)16(20)21/h1-7,15H,8-9,19H2,(H,20,21)/t15-/m1/s1. The second kappa shape index (κ2) is 7.49. The molecule has 2 rings (SSSR count). The molecule has 0 spiro atoms. The normalized spacial score (nSPS) is 12.0. The van der Waals surface area contributed by atoms with Crippen molar-refractivity contribution in [2.24, 2.45) is 5.73 Å². The van der Waals surface area contributed by atoms with Crippen LogP contribution in [0.2, 0.25) is 10.0 Å². The lowest BCUT2D eigenvalue weighted by Crippen LogP contribution is -2.32. The van der Waals surface area contributed by atoms with Crippen LogP contribution in [0.3, 0.4) is 0 Å². The molecule has 0 unspecified atom stereocenters. The van der Waals surface area contributed by atoms with Crippen molar-refractivity contribution in [2.45, 2.75) is 19.1 Å². The van der Waals surface area contributed by atoms with Crippen molar-refractivity contribution in [1.82, 2.24) is 0 Å². The molecule has 0 aliphatic heterocycles. The van der Waals surface area contributed by atoms with Gasteiger partial charge in [0.1, 0.15) is 18.4 Å². The molecule has 1 atom stereocenters. The highest BCUT2D eigenvalue weighted by atomic mass is 35.5. The number of ether oxygens (including phenoxy) is 1. The Hall–Kier alpha value is -1.75. The Bertz CT molecular complexity index is 639. The van der Waals surface area contributed by atoms with E-state index in [2.05, 4.69) is 0 Å². The molecule has 3 N–H and O–H groups in total. The lowest BCUT2D eigenvalue weighted by molar-refractivity contribution is -0.138. The average molecular weight is 340 g/mol. The van der Waals surface area contributed by atoms with E-state index in [1.165, 1.54) is 0 Å². The third-order valence-electron chi connectivity index (χ3n) is 3.14. The van der Waals surface area contributed by atoms with Crippen LogP contribution in [0.15, 0.2) is 42.5 Å². The fourth-order valence-corrected chi connectivity index (χ4v) is 2.40. The van der Waals surface area contributed by atoms with E-state index >= 15 is 0 Å². The fraction of sp³-hybridized carbons (Fsp3) is 0.188. The smallest absolute Gasteiger partial charge is 0.320 e. The van der Waals surface area contributed by atoms with Crippen LogP contribution in [-0.4, -0.2) is 17.1 Å². The number of carboxylic acids is 1. The summed E-state index contributed by atoms with van der Waals surface area (Å²) in [6.07, 6.45) is 0.270. The molecule has 22 heavy (non-hydrogen) atoms. The molecule has 2 aromatic carbocycles. The van der Waals surface area contributed by atoms with Crippen molar-refractivity contribution < 1.29 is 14.6 Å². The van der Waals surface area contributed by atoms with E-state index in [1.54, 1.807) is 42.5 Å². The lowest BCUT2D eigenvalue weighted by Gasteiger charge is -2.11. The number of carbonyl (C=O) groups is 1. The van der Waals surface area contributed by atoms with E-state index in [0.29, 0.717) is 15.8 Å². The number of carboxylic acid groups (broad SMARTS) is 1. The van der Waals surface area contributed by atoms with E-state index in [0.717, 1.165) is 11.1 Å². The van der Waals surface area contributed by atoms with Gasteiger partial charge in [-0.2, -0.15) is 0 Å². The van der Waals surface area contributed by atoms with Crippen LogP contribution in [0.5, 0.6) is 5.75 Å². The molecule has 0 amide bonds. The number of hydrogen-bond donors (Lipinski definition) is 2. The third kappa shape index (κ3) is 4.37. The van der Waals surface area contributed by atoms with Crippen LogP contribution in [0.4, 0.5) is 0 Å². The molecule has 4 nitrogen and oxygen atoms in total. The van der Waals surface area contributed by atoms with Crippen LogP contribution in [0.1, 0.15) is 11.1 Å². The SMILES string of the molecule is N[C@H](Cc1ccc(OCc2c(Cl)cccc2Cl)cc1)C(=O)O. The highest BCUT2D eigenvalue weighted by Crippen LogP contribution is 2.26. The second-order valence-electron chi connectivity index (χ2n) is 4.78. The van der Waals surface area contributed by atoms with Crippen molar-refractivity contribution in [3.63, 3.8) is 0 Å². The molecule has 0 bridgehead atoms. The predicted molar refractivity (Wildman–Crippen MR) is 86.6 cm³/mol. The highest BCUT2D eigenvalue weighted by Gasteiger charge is 2.12. The number of halogens is 2. The number of nitrogens with two attached hydrogens (primary N) is 1. The van der Waals surface area contributed by atoms with Gasteiger partial charge in [0, 0.05) is 15.6 Å². The lowest BCUT2D eigenvalue weighted by atomic mass is 10.1. The Morgan fingerprint density at radius 3 is 2.27 bits per heavy atom. The van der Waals surface area contributed by atoms with E-state index in [9.17, 15) is 4.79 Å². The number of rotatable bonds is 6. The van der Waals surface area contributed by atoms with Gasteiger partial charge in [-0.25, -0.2) is 0 Å². The summed E-state index contributed by atoms with van der Waals surface area (Å²) in [5, 5.41) is 9.89. The number of aliphatic carboxylic acids is 1. The van der Waals surface area contributed by atoms with Gasteiger partial charge in [0.05, 0.1) is 0 Å². The first kappa shape index (κ1) is 16.6. The Balaban J connectivity index is 1.98. The van der Waals surface area contributed by atoms with Crippen molar-refractivity contribution >= 4 is 29.2 Å². The first-order chi connectivity index (χ1) is 10.5. The molecule has 0 aliphatic carbocycles. The largest absolute Gasteiger partial charge is 0.489 e. The zero-order valence-corrected chi connectivity index (χ0v) is 13.1. The van der Waals surface area contributed by atoms with Gasteiger partial charge in [-0.3, -0.25) is 4.79 Å². The maximum atomic E-state index is 10.7. The van der Waals surface area contributed by atoms with E-state index < -0.39 is 12.0 Å². The van der Waals surface area contributed by atoms with Crippen molar-refractivity contribution in [1.29, 1.82) is 0 Å². The van der Waals surface area contributed by atoms with Crippen molar-refractivity contribution in [2.75, 3.05) is 0 Å². The summed E-state index contributed by atoms with van der Waals surface area (Å²) in [4.78, 5) is 10.7. The predicted octanol–water partition coefficient (Wildman–Crippen LogP) is 3.53. The third-order valence-corrected chi connectivity index (χ3v) is 3.85. The molecule has 0 fully saturated rings. The minimum Gasteiger partial charge on any atom is -0.489 e. The molecule has 6 heteroatoms. The van der Waals surface area contributed by atoms with E-state index in [-0.39, 0.29) is 13.0 Å². The summed E-state index contributed by atoms with van der Waals surface area (Å²) in [5.74, 6) is -0.377. The summed E-state index contributed by atoms with van der Waals surface area (Å²) in [7, 11) is 0. The van der Waals surface area contributed by atoms with Crippen LogP contribution in [0, 0.1) is 0 Å². The maximum Gasteiger partial charge on any atom is 0.320 e. The van der Waals surface area contributed by atoms with Gasteiger partial charge in [0.25, 0.3) is 0 Å². The van der Waals surface area contributed by atoms with Gasteiger partial charge in [0.15, 0.2) is 0 Å². The first-order valence-electron chi connectivity index (χ1n) is 6.60. The number of hydrogen-bond acceptors (Lipinski definition) is 3. The molecule has 0 aromatic heterocycles. The Labute approximate surface area is 138 Å². The van der Waals surface area contributed by atoms with Gasteiger partial charge >= 0.3 is 5.97 Å². The Morgan fingerprint density at radius 1 is 1.14 bits per heavy atom. The Kier molecular flexibility index (Phi) is 5.66. The summed E-state index contributed by atoms with van der Waals surface area (Å²) in [5.41, 5.74) is 7.05. The van der Waals surface area contributed by atoms with Gasteiger partial charge < -0.3 is 15.6 Å². The molecule has 0 radical (unpaired) electrons. The minimum atomic E-state index is -1.02. The van der Waals surface area contributed by atoms with Crippen LogP contribution in [0.25, 0.3) is 0 Å². The van der Waals surface area contributed by atoms with Crippen molar-refractivity contribution in [3.8, 4) is 5.75 Å². The van der Waals surface area contributed by atoms with Crippen molar-refractivity contribution in [3.05, 3.63) is 63.6 Å². The summed E-state index contributed by atoms with van der Waals surface area (Å²) >= 11 is 12.1. The van der Waals surface area contributed by atoms with Crippen LogP contribution < -0.4 is 10.5 Å². The molecule has 0 saturated heterocycles. The molecule has 0 heterocycles. The van der Waals surface area contributed by atoms with Gasteiger partial charge in [-0.15, -0.1) is 0 Å². The van der Waals surface area contributed by atoms with Gasteiger partial charge in [-0.05, 0) is 36.2 Å². The monoisotopic (exact) mass is 339 g/mol. The van der Waals surface area contributed by atoms with Crippen LogP contribution in [-0.2, 0) is 17.8 Å². The molecular formula is C16H15Cl2NO3. The summed E-state index contributed by atoms with van der Waals surface area (Å²) in [6.45, 7) is 0.256. The second-order valence-corrected chi connectivity index (χ2v) is 5.60. The molecule has 2 aromatic rings. The van der Waals surface area contributed by atoms with E-state index in [4.69, 9.17) is 38.8 Å². The molecule has 0 aliphatic rings. The summed E-state index contributed by atoms with van der Waals surface area (Å²) < 4.78 is 5.64. The molecular weight excluding hydrogens is 325 g/mol. The van der Waals surface area contributed by atoms with Gasteiger partial charge in [0.2, 0.25) is 0 Å². The van der Waals surface area contributed by atoms with E-state index in [1.807, 2.05) is 0 Å². The topological polar surface area (TPSA) is 72.5 Å². The maximum absolute atomic E-state index is 10.7. The van der Waals surface area contributed by atoms with Crippen LogP contribution >= 0.6 is 23.2 Å². The average Bonchev–Trinajstić information content (AvgIpc) is 2.48. The molecule has 116 valence electrons. The summed E-state index contributed by atoms with van der Waals surface area (Å²) in [6, 6.07) is 11.5. The molecule has 0 saturated carbocycles.